The van der Waals surface area contributed by atoms with Crippen molar-refractivity contribution in [2.45, 2.75) is 19.1 Å². The fraction of sp³-hybridized carbons (Fsp3) is 0.562. The van der Waals surface area contributed by atoms with Crippen LogP contribution < -0.4 is 0 Å². The smallest absolute Gasteiger partial charge is 0.170 e. The van der Waals surface area contributed by atoms with Gasteiger partial charge in [-0.15, -0.1) is 0 Å². The number of hydrogen-bond acceptors (Lipinski definition) is 4. The summed E-state index contributed by atoms with van der Waals surface area (Å²) in [6, 6.07) is 5.84. The van der Waals surface area contributed by atoms with E-state index in [0.717, 1.165) is 32.5 Å². The number of rotatable bonds is 4. The van der Waals surface area contributed by atoms with E-state index in [1.807, 2.05) is 0 Å². The molecule has 0 N–H and O–H groups in total. The standard InChI is InChI=1S/C16H20FNO3/c17-14-3-1-12(2-4-14)16(19)13-5-7-18(8-6-13)11-15-20-9-10-21-15/h1-4,13,15H,5-11H2. The minimum atomic E-state index is -0.307. The molecule has 4 nitrogen and oxygen atoms in total. The summed E-state index contributed by atoms with van der Waals surface area (Å²) in [4.78, 5) is 14.7. The van der Waals surface area contributed by atoms with E-state index in [9.17, 15) is 9.18 Å². The van der Waals surface area contributed by atoms with Gasteiger partial charge in [0.25, 0.3) is 0 Å². The van der Waals surface area contributed by atoms with Crippen LogP contribution in [0.1, 0.15) is 23.2 Å². The second kappa shape index (κ2) is 6.64. The quantitative estimate of drug-likeness (QED) is 0.797. The van der Waals surface area contributed by atoms with Crippen molar-refractivity contribution in [1.82, 2.24) is 4.90 Å². The number of hydrogen-bond donors (Lipinski definition) is 0. The molecule has 1 aromatic carbocycles. The zero-order valence-corrected chi connectivity index (χ0v) is 12.0. The van der Waals surface area contributed by atoms with Crippen molar-refractivity contribution < 1.29 is 18.7 Å². The van der Waals surface area contributed by atoms with Gasteiger partial charge >= 0.3 is 0 Å². The van der Waals surface area contributed by atoms with Gasteiger partial charge in [-0.1, -0.05) is 0 Å². The Morgan fingerprint density at radius 1 is 1.14 bits per heavy atom. The van der Waals surface area contributed by atoms with Crippen molar-refractivity contribution >= 4 is 5.78 Å². The molecule has 2 heterocycles. The first-order valence-corrected chi connectivity index (χ1v) is 7.48. The Kier molecular flexibility index (Phi) is 4.63. The average molecular weight is 293 g/mol. The Balaban J connectivity index is 1.50. The monoisotopic (exact) mass is 293 g/mol. The highest BCUT2D eigenvalue weighted by Crippen LogP contribution is 2.22. The van der Waals surface area contributed by atoms with Crippen molar-refractivity contribution in [2.24, 2.45) is 5.92 Å². The van der Waals surface area contributed by atoms with Gasteiger partial charge in [-0.2, -0.15) is 0 Å². The SMILES string of the molecule is O=C(c1ccc(F)cc1)C1CCN(CC2OCCO2)CC1. The molecule has 0 aromatic heterocycles. The largest absolute Gasteiger partial charge is 0.349 e. The summed E-state index contributed by atoms with van der Waals surface area (Å²) >= 11 is 0. The van der Waals surface area contributed by atoms with E-state index in [2.05, 4.69) is 4.90 Å². The summed E-state index contributed by atoms with van der Waals surface area (Å²) < 4.78 is 23.8. The molecule has 0 spiro atoms. The lowest BCUT2D eigenvalue weighted by molar-refractivity contribution is -0.0654. The lowest BCUT2D eigenvalue weighted by Gasteiger charge is -2.32. The van der Waals surface area contributed by atoms with Gasteiger partial charge in [0, 0.05) is 18.0 Å². The second-order valence-corrected chi connectivity index (χ2v) is 5.62. The predicted molar refractivity (Wildman–Crippen MR) is 75.6 cm³/mol. The van der Waals surface area contributed by atoms with Crippen LogP contribution in [-0.4, -0.2) is 49.8 Å². The van der Waals surface area contributed by atoms with Gasteiger partial charge in [0.15, 0.2) is 12.1 Å². The van der Waals surface area contributed by atoms with E-state index in [1.54, 1.807) is 12.1 Å². The van der Waals surface area contributed by atoms with Gasteiger partial charge in [-0.05, 0) is 50.2 Å². The van der Waals surface area contributed by atoms with Crippen LogP contribution in [0, 0.1) is 11.7 Å². The van der Waals surface area contributed by atoms with Gasteiger partial charge < -0.3 is 9.47 Å². The third-order valence-corrected chi connectivity index (χ3v) is 4.19. The summed E-state index contributed by atoms with van der Waals surface area (Å²) in [6.45, 7) is 3.87. The number of benzene rings is 1. The molecular weight excluding hydrogens is 273 g/mol. The topological polar surface area (TPSA) is 38.8 Å². The van der Waals surface area contributed by atoms with Crippen molar-refractivity contribution in [1.29, 1.82) is 0 Å². The molecule has 5 heteroatoms. The summed E-state index contributed by atoms with van der Waals surface area (Å²) in [5.74, 6) is -0.141. The number of carbonyl (C=O) groups is 1. The fourth-order valence-corrected chi connectivity index (χ4v) is 2.95. The minimum absolute atomic E-state index is 0.0390. The van der Waals surface area contributed by atoms with Gasteiger partial charge in [0.2, 0.25) is 0 Å². The Morgan fingerprint density at radius 3 is 2.38 bits per heavy atom. The number of Topliss-reactive ketones (excluding diaryl/α,β-unsaturated/α-hetero) is 1. The van der Waals surface area contributed by atoms with Crippen molar-refractivity contribution in [3.8, 4) is 0 Å². The van der Waals surface area contributed by atoms with Crippen LogP contribution in [0.25, 0.3) is 0 Å². The summed E-state index contributed by atoms with van der Waals surface area (Å²) in [7, 11) is 0. The molecular formula is C16H20FNO3. The maximum absolute atomic E-state index is 12.9. The first-order chi connectivity index (χ1) is 10.2. The van der Waals surface area contributed by atoms with E-state index in [1.165, 1.54) is 12.1 Å². The Morgan fingerprint density at radius 2 is 1.76 bits per heavy atom. The number of likely N-dealkylation sites (tertiary alicyclic amines) is 1. The molecule has 114 valence electrons. The first kappa shape index (κ1) is 14.6. The number of ketones is 1. The molecule has 3 rings (SSSR count). The third kappa shape index (κ3) is 3.67. The zero-order chi connectivity index (χ0) is 14.7. The molecule has 1 aromatic rings. The van der Waals surface area contributed by atoms with Crippen LogP contribution in [0.3, 0.4) is 0 Å². The molecule has 2 aliphatic heterocycles. The molecule has 2 saturated heterocycles. The Labute approximate surface area is 123 Å². The van der Waals surface area contributed by atoms with Crippen LogP contribution in [-0.2, 0) is 9.47 Å². The lowest BCUT2D eigenvalue weighted by Crippen LogP contribution is -2.40. The fourth-order valence-electron chi connectivity index (χ4n) is 2.95. The summed E-state index contributed by atoms with van der Waals surface area (Å²) in [5, 5.41) is 0. The number of piperidine rings is 1. The maximum atomic E-state index is 12.9. The molecule has 0 amide bonds. The Bertz CT molecular complexity index is 477. The molecule has 0 saturated carbocycles. The summed E-state index contributed by atoms with van der Waals surface area (Å²) in [5.41, 5.74) is 0.609. The van der Waals surface area contributed by atoms with Gasteiger partial charge in [-0.3, -0.25) is 9.69 Å². The summed E-state index contributed by atoms with van der Waals surface area (Å²) in [6.07, 6.45) is 1.56. The van der Waals surface area contributed by atoms with Crippen LogP contribution in [0.15, 0.2) is 24.3 Å². The number of carbonyl (C=O) groups excluding carboxylic acids is 1. The van der Waals surface area contributed by atoms with Crippen LogP contribution in [0.2, 0.25) is 0 Å². The molecule has 21 heavy (non-hydrogen) atoms. The third-order valence-electron chi connectivity index (χ3n) is 4.19. The van der Waals surface area contributed by atoms with Gasteiger partial charge in [0.1, 0.15) is 5.82 Å². The Hall–Kier alpha value is -1.30. The highest BCUT2D eigenvalue weighted by atomic mass is 19.1. The highest BCUT2D eigenvalue weighted by molar-refractivity contribution is 5.97. The predicted octanol–water partition coefficient (Wildman–Crippen LogP) is 2.09. The van der Waals surface area contributed by atoms with E-state index < -0.39 is 0 Å². The van der Waals surface area contributed by atoms with E-state index in [-0.39, 0.29) is 23.8 Å². The molecule has 0 bridgehead atoms. The van der Waals surface area contributed by atoms with Crippen LogP contribution in [0.4, 0.5) is 4.39 Å². The number of nitrogens with zero attached hydrogens (tertiary/aromatic N) is 1. The zero-order valence-electron chi connectivity index (χ0n) is 12.0. The van der Waals surface area contributed by atoms with Crippen LogP contribution >= 0.6 is 0 Å². The first-order valence-electron chi connectivity index (χ1n) is 7.48. The normalized spacial score (nSPS) is 21.8. The van der Waals surface area contributed by atoms with E-state index in [4.69, 9.17) is 9.47 Å². The van der Waals surface area contributed by atoms with Gasteiger partial charge in [-0.25, -0.2) is 4.39 Å². The average Bonchev–Trinajstić information content (AvgIpc) is 3.01. The molecule has 0 radical (unpaired) electrons. The van der Waals surface area contributed by atoms with Crippen molar-refractivity contribution in [3.63, 3.8) is 0 Å². The maximum Gasteiger partial charge on any atom is 0.170 e. The highest BCUT2D eigenvalue weighted by Gasteiger charge is 2.28. The van der Waals surface area contributed by atoms with Gasteiger partial charge in [0.05, 0.1) is 13.2 Å². The molecule has 0 aliphatic carbocycles. The lowest BCUT2D eigenvalue weighted by atomic mass is 9.89. The van der Waals surface area contributed by atoms with Crippen LogP contribution in [0.5, 0.6) is 0 Å². The molecule has 2 aliphatic rings. The number of halogens is 1. The van der Waals surface area contributed by atoms with E-state index in [0.29, 0.717) is 18.8 Å². The molecule has 0 atom stereocenters. The second-order valence-electron chi connectivity index (χ2n) is 5.62. The van der Waals surface area contributed by atoms with Crippen molar-refractivity contribution in [2.75, 3.05) is 32.8 Å². The number of ether oxygens (including phenoxy) is 2. The molecule has 0 unspecified atom stereocenters. The van der Waals surface area contributed by atoms with E-state index >= 15 is 0 Å². The van der Waals surface area contributed by atoms with Crippen molar-refractivity contribution in [3.05, 3.63) is 35.6 Å². The molecule has 2 fully saturated rings. The minimum Gasteiger partial charge on any atom is -0.349 e.